The van der Waals surface area contributed by atoms with Gasteiger partial charge in [0.25, 0.3) is 6.43 Å². The Bertz CT molecular complexity index is 237. The van der Waals surface area contributed by atoms with E-state index in [1.807, 2.05) is 0 Å². The van der Waals surface area contributed by atoms with Crippen LogP contribution in [0.1, 0.15) is 11.7 Å². The Hall–Kier alpha value is -0.610. The number of nitrogens with two attached hydrogens (primary N) is 1. The Balaban J connectivity index is 0.00000121. The van der Waals surface area contributed by atoms with Gasteiger partial charge >= 0.3 is 0 Å². The Morgan fingerprint density at radius 2 is 2.08 bits per heavy atom. The fraction of sp³-hybridized carbons (Fsp3) is 0.429. The standard InChI is InChI=1S/C7H10F2N2.ClH/c1-11-4-2-3-5(11)6(10)7(8)9;/h2-4,6-7H,10H2,1H3;1H/t6-;/m0./s1. The molecule has 0 spiro atoms. The van der Waals surface area contributed by atoms with Gasteiger partial charge in [0, 0.05) is 18.9 Å². The number of rotatable bonds is 2. The molecular formula is C7H11ClF2N2. The van der Waals surface area contributed by atoms with Crippen LogP contribution in [0.25, 0.3) is 0 Å². The number of halogens is 3. The van der Waals surface area contributed by atoms with E-state index in [-0.39, 0.29) is 12.4 Å². The molecule has 1 aromatic heterocycles. The van der Waals surface area contributed by atoms with Crippen LogP contribution in [0, 0.1) is 0 Å². The van der Waals surface area contributed by atoms with Gasteiger partial charge in [-0.05, 0) is 12.1 Å². The third-order valence-corrected chi connectivity index (χ3v) is 1.60. The average Bonchev–Trinajstić information content (AvgIpc) is 2.33. The van der Waals surface area contributed by atoms with E-state index in [2.05, 4.69) is 0 Å². The van der Waals surface area contributed by atoms with Crippen molar-refractivity contribution < 1.29 is 8.78 Å². The predicted molar refractivity (Wildman–Crippen MR) is 45.6 cm³/mol. The van der Waals surface area contributed by atoms with Crippen LogP contribution in [0.4, 0.5) is 8.78 Å². The van der Waals surface area contributed by atoms with Crippen molar-refractivity contribution in [1.82, 2.24) is 4.57 Å². The number of hydrogen-bond donors (Lipinski definition) is 1. The van der Waals surface area contributed by atoms with E-state index in [1.54, 1.807) is 29.9 Å². The number of aromatic nitrogens is 1. The van der Waals surface area contributed by atoms with Crippen LogP contribution in [-0.2, 0) is 7.05 Å². The molecule has 0 saturated carbocycles. The molecule has 0 aromatic carbocycles. The fourth-order valence-corrected chi connectivity index (χ4v) is 0.950. The number of hydrogen-bond acceptors (Lipinski definition) is 1. The van der Waals surface area contributed by atoms with Crippen LogP contribution < -0.4 is 5.73 Å². The summed E-state index contributed by atoms with van der Waals surface area (Å²) in [5, 5.41) is 0. The maximum Gasteiger partial charge on any atom is 0.259 e. The third-order valence-electron chi connectivity index (χ3n) is 1.60. The van der Waals surface area contributed by atoms with Crippen LogP contribution in [0.2, 0.25) is 0 Å². The minimum atomic E-state index is -2.50. The average molecular weight is 197 g/mol. The molecule has 0 bridgehead atoms. The van der Waals surface area contributed by atoms with Gasteiger partial charge in [0.15, 0.2) is 0 Å². The van der Waals surface area contributed by atoms with Crippen molar-refractivity contribution >= 4 is 12.4 Å². The van der Waals surface area contributed by atoms with Crippen molar-refractivity contribution in [2.75, 3.05) is 0 Å². The van der Waals surface area contributed by atoms with Gasteiger partial charge in [-0.15, -0.1) is 12.4 Å². The first-order valence-electron chi connectivity index (χ1n) is 3.28. The highest BCUT2D eigenvalue weighted by Crippen LogP contribution is 2.16. The van der Waals surface area contributed by atoms with Crippen LogP contribution in [0.3, 0.4) is 0 Å². The number of alkyl halides is 2. The molecule has 0 aliphatic rings. The first-order valence-corrected chi connectivity index (χ1v) is 3.28. The normalized spacial score (nSPS) is 12.8. The van der Waals surface area contributed by atoms with Gasteiger partial charge in [-0.3, -0.25) is 0 Å². The Labute approximate surface area is 75.8 Å². The second-order valence-corrected chi connectivity index (χ2v) is 2.40. The van der Waals surface area contributed by atoms with Gasteiger partial charge in [0.2, 0.25) is 0 Å². The molecule has 1 rings (SSSR count). The number of nitrogens with zero attached hydrogens (tertiary/aromatic N) is 1. The first-order chi connectivity index (χ1) is 5.13. The lowest BCUT2D eigenvalue weighted by molar-refractivity contribution is 0.113. The molecule has 12 heavy (non-hydrogen) atoms. The Kier molecular flexibility index (Phi) is 4.20. The van der Waals surface area contributed by atoms with E-state index >= 15 is 0 Å². The van der Waals surface area contributed by atoms with E-state index < -0.39 is 12.5 Å². The zero-order valence-corrected chi connectivity index (χ0v) is 7.39. The maximum atomic E-state index is 12.0. The molecule has 1 heterocycles. The third kappa shape index (κ3) is 2.19. The van der Waals surface area contributed by atoms with Crippen LogP contribution in [-0.4, -0.2) is 11.0 Å². The fourth-order valence-electron chi connectivity index (χ4n) is 0.950. The molecule has 0 radical (unpaired) electrons. The van der Waals surface area contributed by atoms with Crippen molar-refractivity contribution in [3.05, 3.63) is 24.0 Å². The molecule has 2 N–H and O–H groups in total. The summed E-state index contributed by atoms with van der Waals surface area (Å²) in [5.41, 5.74) is 5.67. The number of aryl methyl sites for hydroxylation is 1. The molecule has 5 heteroatoms. The van der Waals surface area contributed by atoms with Crippen LogP contribution in [0.15, 0.2) is 18.3 Å². The molecule has 0 saturated heterocycles. The van der Waals surface area contributed by atoms with E-state index in [9.17, 15) is 8.78 Å². The summed E-state index contributed by atoms with van der Waals surface area (Å²) in [6, 6.07) is 2.11. The summed E-state index contributed by atoms with van der Waals surface area (Å²) < 4.78 is 25.7. The van der Waals surface area contributed by atoms with Crippen molar-refractivity contribution in [3.8, 4) is 0 Å². The lowest BCUT2D eigenvalue weighted by Gasteiger charge is -2.10. The molecule has 1 atom stereocenters. The van der Waals surface area contributed by atoms with Crippen molar-refractivity contribution in [1.29, 1.82) is 0 Å². The Morgan fingerprint density at radius 3 is 2.42 bits per heavy atom. The maximum absolute atomic E-state index is 12.0. The first kappa shape index (κ1) is 11.4. The molecule has 0 fully saturated rings. The largest absolute Gasteiger partial charge is 0.353 e. The minimum Gasteiger partial charge on any atom is -0.353 e. The lowest BCUT2D eigenvalue weighted by atomic mass is 10.2. The quantitative estimate of drug-likeness (QED) is 0.767. The van der Waals surface area contributed by atoms with Gasteiger partial charge < -0.3 is 10.3 Å². The summed E-state index contributed by atoms with van der Waals surface area (Å²) in [6.07, 6.45) is -0.805. The van der Waals surface area contributed by atoms with Gasteiger partial charge in [0.05, 0.1) is 0 Å². The highest BCUT2D eigenvalue weighted by atomic mass is 35.5. The zero-order chi connectivity index (χ0) is 8.43. The summed E-state index contributed by atoms with van der Waals surface area (Å²) >= 11 is 0. The van der Waals surface area contributed by atoms with Gasteiger partial charge in [-0.1, -0.05) is 0 Å². The summed E-state index contributed by atoms with van der Waals surface area (Å²) in [7, 11) is 1.69. The van der Waals surface area contributed by atoms with Crippen molar-refractivity contribution in [3.63, 3.8) is 0 Å². The van der Waals surface area contributed by atoms with Crippen molar-refractivity contribution in [2.24, 2.45) is 12.8 Å². The van der Waals surface area contributed by atoms with E-state index in [0.717, 1.165) is 0 Å². The molecule has 0 amide bonds. The summed E-state index contributed by atoms with van der Waals surface area (Å²) in [5.74, 6) is 0. The van der Waals surface area contributed by atoms with Crippen LogP contribution >= 0.6 is 12.4 Å². The van der Waals surface area contributed by atoms with Crippen molar-refractivity contribution in [2.45, 2.75) is 12.5 Å². The van der Waals surface area contributed by atoms with Crippen LogP contribution in [0.5, 0.6) is 0 Å². The molecule has 0 aliphatic carbocycles. The van der Waals surface area contributed by atoms with E-state index in [4.69, 9.17) is 5.73 Å². The second-order valence-electron chi connectivity index (χ2n) is 2.40. The van der Waals surface area contributed by atoms with Gasteiger partial charge in [0.1, 0.15) is 6.04 Å². The summed E-state index contributed by atoms with van der Waals surface area (Å²) in [6.45, 7) is 0. The predicted octanol–water partition coefficient (Wildman–Crippen LogP) is 1.71. The Morgan fingerprint density at radius 1 is 1.50 bits per heavy atom. The lowest BCUT2D eigenvalue weighted by Crippen LogP contribution is -2.21. The molecule has 70 valence electrons. The smallest absolute Gasteiger partial charge is 0.259 e. The van der Waals surface area contributed by atoms with Gasteiger partial charge in [-0.25, -0.2) is 8.78 Å². The van der Waals surface area contributed by atoms with E-state index in [1.165, 1.54) is 0 Å². The highest BCUT2D eigenvalue weighted by molar-refractivity contribution is 5.85. The van der Waals surface area contributed by atoms with E-state index in [0.29, 0.717) is 5.69 Å². The summed E-state index contributed by atoms with van der Waals surface area (Å²) in [4.78, 5) is 0. The molecule has 0 aliphatic heterocycles. The molecule has 0 unspecified atom stereocenters. The topological polar surface area (TPSA) is 30.9 Å². The molecule has 1 aromatic rings. The minimum absolute atomic E-state index is 0. The SMILES string of the molecule is Cl.Cn1cccc1[C@H](N)C(F)F. The second kappa shape index (κ2) is 4.42. The zero-order valence-electron chi connectivity index (χ0n) is 6.58. The molecular weight excluding hydrogens is 186 g/mol. The molecule has 2 nitrogen and oxygen atoms in total. The monoisotopic (exact) mass is 196 g/mol. The highest BCUT2D eigenvalue weighted by Gasteiger charge is 2.18. The van der Waals surface area contributed by atoms with Gasteiger partial charge in [-0.2, -0.15) is 0 Å².